The first-order valence-corrected chi connectivity index (χ1v) is 3.42. The maximum Gasteiger partial charge on any atom is 0.166 e. The number of rotatable bonds is 3. The third kappa shape index (κ3) is 1.34. The predicted molar refractivity (Wildman–Crippen MR) is 30.9 cm³/mol. The lowest BCUT2D eigenvalue weighted by molar-refractivity contribution is 1.57. The molecule has 0 fully saturated rings. The molecule has 6 nitrogen and oxygen atoms in total. The lowest BCUT2D eigenvalue weighted by atomic mass is 12.0. The standard InChI is InChI=1S/CH3N3O3S/c1-8(2-5,3-6)4-7/h1H3. The monoisotopic (exact) mass is 137 g/mol. The molecule has 7 heteroatoms. The lowest BCUT2D eigenvalue weighted by Gasteiger charge is -2.01. The Morgan fingerprint density at radius 1 is 1.00 bits per heavy atom. The molecular weight excluding hydrogens is 134 g/mol. The van der Waals surface area contributed by atoms with E-state index in [4.69, 9.17) is 0 Å². The van der Waals surface area contributed by atoms with E-state index < -0.39 is 10.6 Å². The second kappa shape index (κ2) is 2.46. The summed E-state index contributed by atoms with van der Waals surface area (Å²) in [5.74, 6) is 0. The fraction of sp³-hybridized carbons (Fsp3) is 1.00. The number of hydrogen-bond donors (Lipinski definition) is 0. The zero-order valence-electron chi connectivity index (χ0n) is 3.97. The van der Waals surface area contributed by atoms with Crippen LogP contribution in [-0.2, 0) is 0 Å². The molecule has 46 valence electrons. The van der Waals surface area contributed by atoms with Gasteiger partial charge in [0.05, 0.1) is 0 Å². The fourth-order valence-electron chi connectivity index (χ4n) is 0.0408. The van der Waals surface area contributed by atoms with Gasteiger partial charge in [-0.15, -0.1) is 14.7 Å². The molecule has 0 aromatic rings. The Kier molecular flexibility index (Phi) is 2.19. The molecule has 0 N–H and O–H groups in total. The van der Waals surface area contributed by atoms with Crippen molar-refractivity contribution >= 4 is 10.6 Å². The molecule has 0 amide bonds. The molecule has 0 saturated heterocycles. The van der Waals surface area contributed by atoms with Crippen molar-refractivity contribution in [3.63, 3.8) is 0 Å². The van der Waals surface area contributed by atoms with E-state index >= 15 is 0 Å². The van der Waals surface area contributed by atoms with Gasteiger partial charge in [-0.05, 0) is 0 Å². The minimum atomic E-state index is -2.94. The highest BCUT2D eigenvalue weighted by Gasteiger charge is 2.18. The highest BCUT2D eigenvalue weighted by molar-refractivity contribution is 8.29. The van der Waals surface area contributed by atoms with E-state index in [0.29, 0.717) is 0 Å². The van der Waals surface area contributed by atoms with Crippen LogP contribution < -0.4 is 0 Å². The Morgan fingerprint density at radius 2 is 1.25 bits per heavy atom. The summed E-state index contributed by atoms with van der Waals surface area (Å²) in [5, 5.41) is 0. The van der Waals surface area contributed by atoms with E-state index in [1.807, 2.05) is 0 Å². The molecule has 0 aliphatic rings. The minimum absolute atomic E-state index is 1.00. The van der Waals surface area contributed by atoms with Crippen molar-refractivity contribution in [2.75, 3.05) is 6.26 Å². The molecule has 0 aromatic heterocycles. The van der Waals surface area contributed by atoms with Gasteiger partial charge in [-0.3, -0.25) is 0 Å². The van der Waals surface area contributed by atoms with Gasteiger partial charge in [-0.25, -0.2) is 0 Å². The molecule has 0 aliphatic carbocycles. The van der Waals surface area contributed by atoms with Crippen LogP contribution in [0.1, 0.15) is 0 Å². The van der Waals surface area contributed by atoms with Gasteiger partial charge in [0.15, 0.2) is 10.6 Å². The predicted octanol–water partition coefficient (Wildman–Crippen LogP) is 1.47. The molecule has 8 heavy (non-hydrogen) atoms. The van der Waals surface area contributed by atoms with Crippen molar-refractivity contribution in [3.8, 4) is 0 Å². The number of nitrogens with zero attached hydrogens (tertiary/aromatic N) is 3. The summed E-state index contributed by atoms with van der Waals surface area (Å²) >= 11 is 0. The van der Waals surface area contributed by atoms with E-state index in [-0.39, 0.29) is 0 Å². The summed E-state index contributed by atoms with van der Waals surface area (Å²) < 4.78 is 6.40. The van der Waals surface area contributed by atoms with Crippen molar-refractivity contribution in [2.24, 2.45) is 13.7 Å². The van der Waals surface area contributed by atoms with E-state index in [0.717, 1.165) is 6.26 Å². The molecule has 0 saturated carbocycles. The van der Waals surface area contributed by atoms with Crippen molar-refractivity contribution in [3.05, 3.63) is 14.7 Å². The average Bonchev–Trinajstić information content (AvgIpc) is 1.87. The number of nitroso groups, excluding NO2 is 3. The van der Waals surface area contributed by atoms with E-state index in [1.165, 1.54) is 0 Å². The molecule has 0 bridgehead atoms. The Bertz CT molecular complexity index is 102. The Morgan fingerprint density at radius 3 is 1.25 bits per heavy atom. The van der Waals surface area contributed by atoms with Crippen molar-refractivity contribution in [1.82, 2.24) is 0 Å². The van der Waals surface area contributed by atoms with Gasteiger partial charge < -0.3 is 0 Å². The summed E-state index contributed by atoms with van der Waals surface area (Å²) in [6.45, 7) is 0. The second-order valence-corrected chi connectivity index (χ2v) is 3.05. The van der Waals surface area contributed by atoms with Crippen LogP contribution in [0, 0.1) is 14.7 Å². The molecule has 0 radical (unpaired) electrons. The molecule has 0 heterocycles. The molecule has 0 aromatic carbocycles. The lowest BCUT2D eigenvalue weighted by Crippen LogP contribution is -1.77. The van der Waals surface area contributed by atoms with E-state index in [9.17, 15) is 14.7 Å². The highest BCUT2D eigenvalue weighted by atomic mass is 32.3. The topological polar surface area (TPSA) is 88.3 Å². The van der Waals surface area contributed by atoms with Crippen molar-refractivity contribution < 1.29 is 0 Å². The quantitative estimate of drug-likeness (QED) is 0.551. The Labute approximate surface area is 46.3 Å². The first kappa shape index (κ1) is 7.15. The molecule has 0 unspecified atom stereocenters. The third-order valence-corrected chi connectivity index (χ3v) is 1.27. The van der Waals surface area contributed by atoms with Crippen LogP contribution in [0.15, 0.2) is 13.7 Å². The van der Waals surface area contributed by atoms with Gasteiger partial charge in [0.1, 0.15) is 0 Å². The van der Waals surface area contributed by atoms with E-state index in [2.05, 4.69) is 13.7 Å². The normalized spacial score (nSPS) is 12.1. The van der Waals surface area contributed by atoms with Crippen molar-refractivity contribution in [2.45, 2.75) is 0 Å². The second-order valence-electron chi connectivity index (χ2n) is 1.02. The van der Waals surface area contributed by atoms with Gasteiger partial charge in [-0.1, -0.05) is 0 Å². The van der Waals surface area contributed by atoms with Gasteiger partial charge in [-0.2, -0.15) is 0 Å². The van der Waals surface area contributed by atoms with Crippen LogP contribution in [0.4, 0.5) is 0 Å². The largest absolute Gasteiger partial charge is 0.166 e. The fourth-order valence-corrected chi connectivity index (χ4v) is 0.122. The number of hydrogen-bond acceptors (Lipinski definition) is 6. The first-order chi connectivity index (χ1) is 3.68. The maximum atomic E-state index is 9.49. The first-order valence-electron chi connectivity index (χ1n) is 1.50. The minimum Gasteiger partial charge on any atom is -0.135 e. The zero-order chi connectivity index (χ0) is 6.62. The van der Waals surface area contributed by atoms with Crippen LogP contribution in [0.3, 0.4) is 0 Å². The SMILES string of the molecule is CS(N=O)(N=O)N=O. The smallest absolute Gasteiger partial charge is 0.135 e. The molecule has 0 spiro atoms. The average molecular weight is 137 g/mol. The van der Waals surface area contributed by atoms with Crippen LogP contribution in [0.25, 0.3) is 0 Å². The van der Waals surface area contributed by atoms with Crippen LogP contribution in [0.2, 0.25) is 0 Å². The van der Waals surface area contributed by atoms with Gasteiger partial charge >= 0.3 is 0 Å². The van der Waals surface area contributed by atoms with E-state index in [1.54, 1.807) is 0 Å². The molecule has 0 atom stereocenters. The van der Waals surface area contributed by atoms with Gasteiger partial charge in [0, 0.05) is 20.0 Å². The molecule has 0 rings (SSSR count). The van der Waals surface area contributed by atoms with Crippen LogP contribution >= 0.6 is 10.6 Å². The van der Waals surface area contributed by atoms with Gasteiger partial charge in [0.2, 0.25) is 0 Å². The summed E-state index contributed by atoms with van der Waals surface area (Å²) in [5.41, 5.74) is 0. The zero-order valence-corrected chi connectivity index (χ0v) is 4.79. The third-order valence-electron chi connectivity index (χ3n) is 0.424. The van der Waals surface area contributed by atoms with Crippen LogP contribution in [-0.4, -0.2) is 6.26 Å². The summed E-state index contributed by atoms with van der Waals surface area (Å²) in [7, 11) is -2.94. The maximum absolute atomic E-state index is 9.49. The van der Waals surface area contributed by atoms with Gasteiger partial charge in [0.25, 0.3) is 0 Å². The molecule has 0 aliphatic heterocycles. The summed E-state index contributed by atoms with van der Waals surface area (Å²) in [4.78, 5) is 28.5. The molecular formula is CH3N3O3S. The summed E-state index contributed by atoms with van der Waals surface area (Å²) in [6, 6.07) is 0. The van der Waals surface area contributed by atoms with Crippen molar-refractivity contribution in [1.29, 1.82) is 0 Å². The Balaban J connectivity index is 4.18. The summed E-state index contributed by atoms with van der Waals surface area (Å²) in [6.07, 6.45) is 1.00. The Hall–Kier alpha value is -0.850. The highest BCUT2D eigenvalue weighted by Crippen LogP contribution is 2.47. The van der Waals surface area contributed by atoms with Crippen LogP contribution in [0.5, 0.6) is 0 Å².